The second-order valence-electron chi connectivity index (χ2n) is 5.48. The minimum absolute atomic E-state index is 0.237. The van der Waals surface area contributed by atoms with E-state index in [0.29, 0.717) is 12.0 Å². The normalized spacial score (nSPS) is 17.9. The van der Waals surface area contributed by atoms with Crippen LogP contribution < -0.4 is 0 Å². The molecule has 3 nitrogen and oxygen atoms in total. The molecule has 0 bridgehead atoms. The van der Waals surface area contributed by atoms with Crippen molar-refractivity contribution in [3.05, 3.63) is 35.9 Å². The van der Waals surface area contributed by atoms with E-state index in [0.717, 1.165) is 5.56 Å². The van der Waals surface area contributed by atoms with Crippen LogP contribution in [0.2, 0.25) is 0 Å². The number of hydrogen-bond donors (Lipinski definition) is 0. The maximum atomic E-state index is 11.9. The van der Waals surface area contributed by atoms with Crippen molar-refractivity contribution in [2.24, 2.45) is 5.41 Å². The largest absolute Gasteiger partial charge is 0.445 e. The molecule has 1 amide bonds. The van der Waals surface area contributed by atoms with Crippen LogP contribution in [0.4, 0.5) is 4.79 Å². The number of nitrogens with zero attached hydrogens (tertiary/aromatic N) is 1. The average Bonchev–Trinajstić information content (AvgIpc) is 3.14. The summed E-state index contributed by atoms with van der Waals surface area (Å²) in [5.74, 6) is 0. The van der Waals surface area contributed by atoms with E-state index in [1.54, 1.807) is 4.90 Å². The Kier molecular flexibility index (Phi) is 3.60. The van der Waals surface area contributed by atoms with E-state index in [9.17, 15) is 4.79 Å². The van der Waals surface area contributed by atoms with Gasteiger partial charge in [0.05, 0.1) is 0 Å². The van der Waals surface area contributed by atoms with Gasteiger partial charge >= 0.3 is 6.09 Å². The molecule has 18 heavy (non-hydrogen) atoms. The lowest BCUT2D eigenvalue weighted by Gasteiger charge is -2.29. The minimum Gasteiger partial charge on any atom is -0.445 e. The molecule has 0 spiro atoms. The number of ether oxygens (including phenoxy) is 1. The number of rotatable bonds is 4. The fourth-order valence-electron chi connectivity index (χ4n) is 2.06. The molecule has 1 aliphatic carbocycles. The molecule has 0 aliphatic heterocycles. The van der Waals surface area contributed by atoms with Crippen molar-refractivity contribution in [2.75, 3.05) is 7.05 Å². The second kappa shape index (κ2) is 5.01. The first kappa shape index (κ1) is 12.9. The molecule has 0 N–H and O–H groups in total. The molecular weight excluding hydrogens is 226 g/mol. The van der Waals surface area contributed by atoms with Gasteiger partial charge < -0.3 is 9.64 Å². The molecule has 1 unspecified atom stereocenters. The summed E-state index contributed by atoms with van der Waals surface area (Å²) in [6.07, 6.45) is 2.16. The Morgan fingerprint density at radius 2 is 2.00 bits per heavy atom. The van der Waals surface area contributed by atoms with E-state index in [1.807, 2.05) is 37.4 Å². The fraction of sp³-hybridized carbons (Fsp3) is 0.533. The molecule has 1 fully saturated rings. The highest BCUT2D eigenvalue weighted by molar-refractivity contribution is 5.67. The van der Waals surface area contributed by atoms with Crippen molar-refractivity contribution in [3.8, 4) is 0 Å². The second-order valence-corrected chi connectivity index (χ2v) is 5.48. The molecule has 0 aromatic heterocycles. The highest BCUT2D eigenvalue weighted by Gasteiger charge is 2.45. The van der Waals surface area contributed by atoms with Crippen molar-refractivity contribution in [2.45, 2.75) is 39.3 Å². The molecule has 2 rings (SSSR count). The van der Waals surface area contributed by atoms with Gasteiger partial charge in [0.1, 0.15) is 6.61 Å². The molecule has 1 aliphatic rings. The van der Waals surface area contributed by atoms with Crippen LogP contribution in [0.3, 0.4) is 0 Å². The summed E-state index contributed by atoms with van der Waals surface area (Å²) in [7, 11) is 1.82. The highest BCUT2D eigenvalue weighted by Crippen LogP contribution is 2.49. The average molecular weight is 247 g/mol. The minimum atomic E-state index is -0.237. The first-order chi connectivity index (χ1) is 8.53. The summed E-state index contributed by atoms with van der Waals surface area (Å²) in [4.78, 5) is 13.7. The van der Waals surface area contributed by atoms with Gasteiger partial charge in [-0.3, -0.25) is 0 Å². The smallest absolute Gasteiger partial charge is 0.410 e. The first-order valence-corrected chi connectivity index (χ1v) is 6.46. The number of benzene rings is 1. The summed E-state index contributed by atoms with van der Waals surface area (Å²) in [6.45, 7) is 4.66. The van der Waals surface area contributed by atoms with Crippen molar-refractivity contribution < 1.29 is 9.53 Å². The van der Waals surface area contributed by atoms with Crippen LogP contribution in [0.25, 0.3) is 0 Å². The molecule has 98 valence electrons. The van der Waals surface area contributed by atoms with E-state index in [1.165, 1.54) is 12.8 Å². The van der Waals surface area contributed by atoms with Gasteiger partial charge in [0, 0.05) is 13.1 Å². The predicted molar refractivity (Wildman–Crippen MR) is 71.2 cm³/mol. The van der Waals surface area contributed by atoms with Gasteiger partial charge in [0.2, 0.25) is 0 Å². The van der Waals surface area contributed by atoms with Crippen LogP contribution in [-0.2, 0) is 11.3 Å². The van der Waals surface area contributed by atoms with Crippen molar-refractivity contribution in [1.29, 1.82) is 0 Å². The molecule has 0 radical (unpaired) electrons. The van der Waals surface area contributed by atoms with Gasteiger partial charge in [0.15, 0.2) is 0 Å². The number of amides is 1. The molecule has 3 heteroatoms. The van der Waals surface area contributed by atoms with E-state index < -0.39 is 0 Å². The number of carbonyl (C=O) groups is 1. The highest BCUT2D eigenvalue weighted by atomic mass is 16.6. The third kappa shape index (κ3) is 2.84. The van der Waals surface area contributed by atoms with Crippen LogP contribution in [0.5, 0.6) is 0 Å². The Morgan fingerprint density at radius 1 is 1.39 bits per heavy atom. The SMILES string of the molecule is CC(N(C)C(=O)OCc1ccccc1)C1(C)CC1. The maximum Gasteiger partial charge on any atom is 0.410 e. The van der Waals surface area contributed by atoms with Gasteiger partial charge in [-0.1, -0.05) is 37.3 Å². The molecule has 1 atom stereocenters. The van der Waals surface area contributed by atoms with Gasteiger partial charge in [-0.05, 0) is 30.7 Å². The van der Waals surface area contributed by atoms with Crippen LogP contribution in [-0.4, -0.2) is 24.1 Å². The number of carbonyl (C=O) groups excluding carboxylic acids is 1. The lowest BCUT2D eigenvalue weighted by Crippen LogP contribution is -2.40. The molecule has 1 saturated carbocycles. The lowest BCUT2D eigenvalue weighted by atomic mass is 10.00. The van der Waals surface area contributed by atoms with Crippen LogP contribution in [0, 0.1) is 5.41 Å². The fourth-order valence-corrected chi connectivity index (χ4v) is 2.06. The quantitative estimate of drug-likeness (QED) is 0.815. The lowest BCUT2D eigenvalue weighted by molar-refractivity contribution is 0.0813. The topological polar surface area (TPSA) is 29.5 Å². The van der Waals surface area contributed by atoms with Crippen molar-refractivity contribution in [3.63, 3.8) is 0 Å². The summed E-state index contributed by atoms with van der Waals surface area (Å²) >= 11 is 0. The molecular formula is C15H21NO2. The third-order valence-electron chi connectivity index (χ3n) is 4.12. The molecule has 1 aromatic carbocycles. The zero-order valence-electron chi connectivity index (χ0n) is 11.3. The van der Waals surface area contributed by atoms with E-state index >= 15 is 0 Å². The van der Waals surface area contributed by atoms with Gasteiger partial charge in [-0.25, -0.2) is 4.79 Å². The zero-order chi connectivity index (χ0) is 13.2. The van der Waals surface area contributed by atoms with Crippen LogP contribution >= 0.6 is 0 Å². The van der Waals surface area contributed by atoms with Crippen LogP contribution in [0.1, 0.15) is 32.3 Å². The molecule has 0 saturated heterocycles. The Bertz CT molecular complexity index is 412. The van der Waals surface area contributed by atoms with E-state index in [4.69, 9.17) is 4.74 Å². The third-order valence-corrected chi connectivity index (χ3v) is 4.12. The number of hydrogen-bond acceptors (Lipinski definition) is 2. The summed E-state index contributed by atoms with van der Waals surface area (Å²) in [6, 6.07) is 9.99. The van der Waals surface area contributed by atoms with E-state index in [2.05, 4.69) is 13.8 Å². The predicted octanol–water partition coefficient (Wildman–Crippen LogP) is 3.44. The summed E-state index contributed by atoms with van der Waals surface area (Å²) < 4.78 is 5.32. The van der Waals surface area contributed by atoms with Crippen molar-refractivity contribution in [1.82, 2.24) is 4.90 Å². The van der Waals surface area contributed by atoms with Gasteiger partial charge in [-0.2, -0.15) is 0 Å². The Balaban J connectivity index is 1.84. The van der Waals surface area contributed by atoms with E-state index in [-0.39, 0.29) is 12.1 Å². The van der Waals surface area contributed by atoms with Crippen LogP contribution in [0.15, 0.2) is 30.3 Å². The summed E-state index contributed by atoms with van der Waals surface area (Å²) in [5, 5.41) is 0. The van der Waals surface area contributed by atoms with Gasteiger partial charge in [-0.15, -0.1) is 0 Å². The Labute approximate surface area is 109 Å². The standard InChI is InChI=1S/C15H21NO2/c1-12(15(2)9-10-15)16(3)14(17)18-11-13-7-5-4-6-8-13/h4-8,12H,9-11H2,1-3H3. The zero-order valence-corrected chi connectivity index (χ0v) is 11.3. The maximum absolute atomic E-state index is 11.9. The Morgan fingerprint density at radius 3 is 2.56 bits per heavy atom. The molecule has 0 heterocycles. The first-order valence-electron chi connectivity index (χ1n) is 6.46. The molecule has 1 aromatic rings. The Hall–Kier alpha value is -1.51. The summed E-state index contributed by atoms with van der Waals surface area (Å²) in [5.41, 5.74) is 1.31. The van der Waals surface area contributed by atoms with Crippen molar-refractivity contribution >= 4 is 6.09 Å². The monoisotopic (exact) mass is 247 g/mol. The van der Waals surface area contributed by atoms with Gasteiger partial charge in [0.25, 0.3) is 0 Å².